The van der Waals surface area contributed by atoms with Crippen molar-refractivity contribution < 1.29 is 14.6 Å². The maximum atomic E-state index is 10.7. The molecule has 0 heterocycles. The summed E-state index contributed by atoms with van der Waals surface area (Å²) in [7, 11) is 5.17. The van der Waals surface area contributed by atoms with Crippen LogP contribution in [0.25, 0.3) is 0 Å². The average molecular weight is 204 g/mol. The van der Waals surface area contributed by atoms with Crippen LogP contribution >= 0.6 is 0 Å². The van der Waals surface area contributed by atoms with Crippen molar-refractivity contribution in [2.45, 2.75) is 19.0 Å². The zero-order valence-electron chi connectivity index (χ0n) is 9.28. The number of carboxylic acids is 1. The molecule has 0 fully saturated rings. The van der Waals surface area contributed by atoms with Crippen molar-refractivity contribution in [2.24, 2.45) is 0 Å². The Bertz CT molecular complexity index is 175. The van der Waals surface area contributed by atoms with Gasteiger partial charge in [-0.15, -0.1) is 0 Å². The number of aliphatic carboxylic acids is 1. The number of likely N-dealkylation sites (N-methyl/N-ethyl adjacent to an activating group) is 2. The van der Waals surface area contributed by atoms with Gasteiger partial charge in [0.1, 0.15) is 6.04 Å². The summed E-state index contributed by atoms with van der Waals surface area (Å²) in [4.78, 5) is 12.7. The van der Waals surface area contributed by atoms with Gasteiger partial charge in [-0.05, 0) is 21.0 Å². The summed E-state index contributed by atoms with van der Waals surface area (Å²) >= 11 is 0. The third-order valence-electron chi connectivity index (χ3n) is 2.28. The minimum Gasteiger partial charge on any atom is -0.480 e. The second-order valence-corrected chi connectivity index (χ2v) is 3.42. The number of nitrogens with zero attached hydrogens (tertiary/aromatic N) is 1. The van der Waals surface area contributed by atoms with Crippen molar-refractivity contribution in [3.8, 4) is 0 Å². The van der Waals surface area contributed by atoms with Crippen molar-refractivity contribution in [2.75, 3.05) is 34.4 Å². The number of ether oxygens (including phenoxy) is 1. The highest BCUT2D eigenvalue weighted by atomic mass is 16.5. The normalized spacial score (nSPS) is 15.5. The van der Waals surface area contributed by atoms with Gasteiger partial charge in [0.25, 0.3) is 0 Å². The summed E-state index contributed by atoms with van der Waals surface area (Å²) < 4.78 is 4.99. The molecule has 2 atom stereocenters. The summed E-state index contributed by atoms with van der Waals surface area (Å²) in [5.41, 5.74) is 0. The lowest BCUT2D eigenvalue weighted by Crippen LogP contribution is -2.46. The Morgan fingerprint density at radius 1 is 1.64 bits per heavy atom. The lowest BCUT2D eigenvalue weighted by atomic mass is 10.2. The van der Waals surface area contributed by atoms with E-state index < -0.39 is 12.0 Å². The van der Waals surface area contributed by atoms with Gasteiger partial charge in [-0.2, -0.15) is 0 Å². The maximum Gasteiger partial charge on any atom is 0.322 e. The number of carboxylic acid groups (broad SMARTS) is 1. The first kappa shape index (κ1) is 13.4. The topological polar surface area (TPSA) is 61.8 Å². The van der Waals surface area contributed by atoms with E-state index in [-0.39, 0.29) is 6.04 Å². The number of methoxy groups -OCH3 is 1. The quantitative estimate of drug-likeness (QED) is 0.592. The third-order valence-corrected chi connectivity index (χ3v) is 2.28. The van der Waals surface area contributed by atoms with Gasteiger partial charge in [-0.3, -0.25) is 9.69 Å². The van der Waals surface area contributed by atoms with E-state index in [4.69, 9.17) is 9.84 Å². The number of rotatable bonds is 7. The third kappa shape index (κ3) is 4.55. The van der Waals surface area contributed by atoms with Crippen molar-refractivity contribution in [3.05, 3.63) is 0 Å². The maximum absolute atomic E-state index is 10.7. The SMILES string of the molecule is CNC(CN(C)C(C)COC)C(=O)O. The van der Waals surface area contributed by atoms with Gasteiger partial charge in [0.05, 0.1) is 6.61 Å². The Labute approximate surface area is 85.0 Å². The van der Waals surface area contributed by atoms with Crippen molar-refractivity contribution in [1.82, 2.24) is 10.2 Å². The first-order valence-corrected chi connectivity index (χ1v) is 4.62. The molecule has 0 spiro atoms. The predicted molar refractivity (Wildman–Crippen MR) is 54.5 cm³/mol. The zero-order valence-corrected chi connectivity index (χ0v) is 9.28. The van der Waals surface area contributed by atoms with E-state index in [0.717, 1.165) is 0 Å². The number of hydrogen-bond acceptors (Lipinski definition) is 4. The van der Waals surface area contributed by atoms with E-state index in [1.165, 1.54) is 0 Å². The van der Waals surface area contributed by atoms with Gasteiger partial charge in [-0.1, -0.05) is 0 Å². The Morgan fingerprint density at radius 3 is 2.57 bits per heavy atom. The molecule has 0 aliphatic heterocycles. The Kier molecular flexibility index (Phi) is 6.44. The summed E-state index contributed by atoms with van der Waals surface area (Å²) in [6.07, 6.45) is 0. The largest absolute Gasteiger partial charge is 0.480 e. The average Bonchev–Trinajstić information content (AvgIpc) is 2.13. The van der Waals surface area contributed by atoms with E-state index in [1.54, 1.807) is 14.2 Å². The lowest BCUT2D eigenvalue weighted by molar-refractivity contribution is -0.139. The Hall–Kier alpha value is -0.650. The summed E-state index contributed by atoms with van der Waals surface area (Å²) in [5.74, 6) is -0.830. The fourth-order valence-electron chi connectivity index (χ4n) is 1.13. The first-order chi connectivity index (χ1) is 6.52. The number of nitrogens with one attached hydrogen (secondary N) is 1. The molecular formula is C9H20N2O3. The molecule has 0 bridgehead atoms. The van der Waals surface area contributed by atoms with Crippen LogP contribution in [-0.4, -0.2) is 62.4 Å². The highest BCUT2D eigenvalue weighted by molar-refractivity contribution is 5.73. The van der Waals surface area contributed by atoms with Crippen molar-refractivity contribution in [1.29, 1.82) is 0 Å². The van der Waals surface area contributed by atoms with Crippen LogP contribution in [-0.2, 0) is 9.53 Å². The van der Waals surface area contributed by atoms with Crippen LogP contribution in [0.1, 0.15) is 6.92 Å². The molecular weight excluding hydrogens is 184 g/mol. The van der Waals surface area contributed by atoms with Crippen LogP contribution in [0.4, 0.5) is 0 Å². The van der Waals surface area contributed by atoms with E-state index in [0.29, 0.717) is 13.2 Å². The molecule has 0 aromatic heterocycles. The molecule has 0 radical (unpaired) electrons. The molecule has 84 valence electrons. The van der Waals surface area contributed by atoms with Crippen LogP contribution in [0.5, 0.6) is 0 Å². The van der Waals surface area contributed by atoms with Crippen LogP contribution in [0.3, 0.4) is 0 Å². The van der Waals surface area contributed by atoms with Gasteiger partial charge in [-0.25, -0.2) is 0 Å². The van der Waals surface area contributed by atoms with E-state index in [9.17, 15) is 4.79 Å². The fraction of sp³-hybridized carbons (Fsp3) is 0.889. The van der Waals surface area contributed by atoms with Crippen LogP contribution in [0.2, 0.25) is 0 Å². The molecule has 0 aromatic rings. The molecule has 0 aliphatic carbocycles. The van der Waals surface area contributed by atoms with E-state index >= 15 is 0 Å². The number of hydrogen-bond donors (Lipinski definition) is 2. The van der Waals surface area contributed by atoms with E-state index in [2.05, 4.69) is 5.32 Å². The van der Waals surface area contributed by atoms with Crippen LogP contribution in [0.15, 0.2) is 0 Å². The van der Waals surface area contributed by atoms with Gasteiger partial charge in [0.15, 0.2) is 0 Å². The summed E-state index contributed by atoms with van der Waals surface area (Å²) in [5, 5.41) is 11.6. The monoisotopic (exact) mass is 204 g/mol. The molecule has 0 saturated heterocycles. The molecule has 0 saturated carbocycles. The second kappa shape index (κ2) is 6.75. The molecule has 0 aliphatic rings. The lowest BCUT2D eigenvalue weighted by Gasteiger charge is -2.26. The summed E-state index contributed by atoms with van der Waals surface area (Å²) in [6, 6.07) is -0.311. The highest BCUT2D eigenvalue weighted by Crippen LogP contribution is 1.98. The zero-order chi connectivity index (χ0) is 11.1. The second-order valence-electron chi connectivity index (χ2n) is 3.42. The predicted octanol–water partition coefficient (Wildman–Crippen LogP) is -0.374. The van der Waals surface area contributed by atoms with Gasteiger partial charge < -0.3 is 15.2 Å². The Morgan fingerprint density at radius 2 is 2.21 bits per heavy atom. The minimum atomic E-state index is -0.830. The van der Waals surface area contributed by atoms with Crippen molar-refractivity contribution in [3.63, 3.8) is 0 Å². The van der Waals surface area contributed by atoms with Gasteiger partial charge in [0.2, 0.25) is 0 Å². The molecule has 0 amide bonds. The highest BCUT2D eigenvalue weighted by Gasteiger charge is 2.19. The Balaban J connectivity index is 4.01. The molecule has 0 rings (SSSR count). The molecule has 5 nitrogen and oxygen atoms in total. The fourth-order valence-corrected chi connectivity index (χ4v) is 1.13. The molecule has 5 heteroatoms. The van der Waals surface area contributed by atoms with E-state index in [1.807, 2.05) is 18.9 Å². The molecule has 2 unspecified atom stereocenters. The van der Waals surface area contributed by atoms with Gasteiger partial charge in [0, 0.05) is 19.7 Å². The van der Waals surface area contributed by atoms with Crippen LogP contribution < -0.4 is 5.32 Å². The molecule has 2 N–H and O–H groups in total. The standard InChI is InChI=1S/C9H20N2O3/c1-7(6-14-4)11(3)5-8(10-2)9(12)13/h7-8,10H,5-6H2,1-4H3,(H,12,13). The molecule has 0 aromatic carbocycles. The summed E-state index contributed by atoms with van der Waals surface area (Å²) in [6.45, 7) is 3.07. The van der Waals surface area contributed by atoms with Crippen LogP contribution in [0, 0.1) is 0 Å². The van der Waals surface area contributed by atoms with Crippen molar-refractivity contribution >= 4 is 5.97 Å². The van der Waals surface area contributed by atoms with Gasteiger partial charge >= 0.3 is 5.97 Å². The number of carbonyl (C=O) groups is 1. The smallest absolute Gasteiger partial charge is 0.322 e. The minimum absolute atomic E-state index is 0.218. The first-order valence-electron chi connectivity index (χ1n) is 4.62. The molecule has 14 heavy (non-hydrogen) atoms.